The highest BCUT2D eigenvalue weighted by Crippen LogP contribution is 2.28. The monoisotopic (exact) mass is 445 g/mol. The molecule has 8 heteroatoms. The number of thioether (sulfide) groups is 1. The Kier molecular flexibility index (Phi) is 7.39. The topological polar surface area (TPSA) is 77.2 Å². The van der Waals surface area contributed by atoms with Gasteiger partial charge in [-0.2, -0.15) is 0 Å². The van der Waals surface area contributed by atoms with Gasteiger partial charge in [-0.1, -0.05) is 59.8 Å². The molecule has 0 saturated heterocycles. The Morgan fingerprint density at radius 3 is 2.50 bits per heavy atom. The van der Waals surface area contributed by atoms with E-state index in [1.165, 1.54) is 11.8 Å². The lowest BCUT2D eigenvalue weighted by molar-refractivity contribution is -0.136. The fourth-order valence-electron chi connectivity index (χ4n) is 2.86. The molecule has 0 unspecified atom stereocenters. The first-order valence-electron chi connectivity index (χ1n) is 9.64. The summed E-state index contributed by atoms with van der Waals surface area (Å²) in [4.78, 5) is 11.3. The van der Waals surface area contributed by atoms with Gasteiger partial charge in [-0.25, -0.2) is 0 Å². The Morgan fingerprint density at radius 2 is 1.87 bits per heavy atom. The van der Waals surface area contributed by atoms with Gasteiger partial charge in [0.05, 0.1) is 17.7 Å². The summed E-state index contributed by atoms with van der Waals surface area (Å²) < 4.78 is 7.66. The molecule has 1 atom stereocenters. The molecule has 0 aliphatic carbocycles. The molecule has 0 aliphatic heterocycles. The maximum atomic E-state index is 11.3. The molecule has 0 radical (unpaired) electrons. The summed E-state index contributed by atoms with van der Waals surface area (Å²) in [6.07, 6.45) is 0.557. The fourth-order valence-corrected chi connectivity index (χ4v) is 3.91. The van der Waals surface area contributed by atoms with Gasteiger partial charge in [-0.15, -0.1) is 10.2 Å². The second-order valence-corrected chi connectivity index (χ2v) is 8.89. The number of carboxylic acid groups (broad SMARTS) is 1. The second kappa shape index (κ2) is 10.00. The number of rotatable bonds is 9. The minimum Gasteiger partial charge on any atom is -0.489 e. The summed E-state index contributed by atoms with van der Waals surface area (Å²) in [6.45, 7) is 6.10. The van der Waals surface area contributed by atoms with Crippen molar-refractivity contribution in [2.45, 2.75) is 50.2 Å². The Bertz CT molecular complexity index is 1010. The Balaban J connectivity index is 1.89. The number of benzene rings is 2. The van der Waals surface area contributed by atoms with Crippen molar-refractivity contribution >= 4 is 29.3 Å². The van der Waals surface area contributed by atoms with Crippen LogP contribution in [0.5, 0.6) is 5.75 Å². The van der Waals surface area contributed by atoms with E-state index in [0.29, 0.717) is 28.9 Å². The summed E-state index contributed by atoms with van der Waals surface area (Å²) >= 11 is 7.57. The highest BCUT2D eigenvalue weighted by Gasteiger charge is 2.20. The van der Waals surface area contributed by atoms with Crippen LogP contribution in [-0.4, -0.2) is 37.2 Å². The lowest BCUT2D eigenvalue weighted by atomic mass is 10.1. The molecule has 1 aromatic heterocycles. The third-order valence-electron chi connectivity index (χ3n) is 4.33. The number of aliphatic carboxylic acids is 1. The quantitative estimate of drug-likeness (QED) is 0.471. The highest BCUT2D eigenvalue weighted by molar-refractivity contribution is 8.00. The third-order valence-corrected chi connectivity index (χ3v) is 5.69. The SMILES string of the molecule is CC(C)Oc1ccc(Cc2nnc(S[C@H](C)C(=O)O)n2Cc2ccccc2)cc1Cl. The summed E-state index contributed by atoms with van der Waals surface area (Å²) in [5.74, 6) is 0.503. The molecule has 1 heterocycles. The smallest absolute Gasteiger partial charge is 0.316 e. The fraction of sp³-hybridized carbons (Fsp3) is 0.318. The Morgan fingerprint density at radius 1 is 1.13 bits per heavy atom. The van der Waals surface area contributed by atoms with Crippen molar-refractivity contribution < 1.29 is 14.6 Å². The zero-order valence-electron chi connectivity index (χ0n) is 17.1. The maximum Gasteiger partial charge on any atom is 0.316 e. The number of aromatic nitrogens is 3. The minimum absolute atomic E-state index is 0.0399. The molecule has 0 fully saturated rings. The minimum atomic E-state index is -0.886. The molecule has 2 aromatic carbocycles. The maximum absolute atomic E-state index is 11.3. The summed E-state index contributed by atoms with van der Waals surface area (Å²) in [5.41, 5.74) is 2.06. The average Bonchev–Trinajstić information content (AvgIpc) is 3.05. The number of hydrogen-bond acceptors (Lipinski definition) is 5. The van der Waals surface area contributed by atoms with E-state index in [1.807, 2.05) is 66.9 Å². The second-order valence-electron chi connectivity index (χ2n) is 7.18. The van der Waals surface area contributed by atoms with E-state index in [2.05, 4.69) is 10.2 Å². The van der Waals surface area contributed by atoms with Crippen LogP contribution in [0.2, 0.25) is 5.02 Å². The zero-order chi connectivity index (χ0) is 21.7. The highest BCUT2D eigenvalue weighted by atomic mass is 35.5. The molecular formula is C22H24ClN3O3S. The van der Waals surface area contributed by atoms with Crippen molar-refractivity contribution in [1.29, 1.82) is 0 Å². The normalized spacial score (nSPS) is 12.2. The van der Waals surface area contributed by atoms with E-state index >= 15 is 0 Å². The Labute approximate surface area is 185 Å². The van der Waals surface area contributed by atoms with E-state index in [4.69, 9.17) is 16.3 Å². The standard InChI is InChI=1S/C22H24ClN3O3S/c1-14(2)29-19-10-9-17(11-18(19)23)12-20-24-25-22(30-15(3)21(27)28)26(20)13-16-7-5-4-6-8-16/h4-11,14-15H,12-13H2,1-3H3,(H,27,28)/t15-/m1/s1. The Hall–Kier alpha value is -2.51. The van der Waals surface area contributed by atoms with Crippen molar-refractivity contribution in [2.75, 3.05) is 0 Å². The van der Waals surface area contributed by atoms with Gasteiger partial charge in [0.25, 0.3) is 0 Å². The molecule has 3 aromatic rings. The molecule has 0 spiro atoms. The summed E-state index contributed by atoms with van der Waals surface area (Å²) in [6, 6.07) is 15.6. The molecule has 0 amide bonds. The predicted molar refractivity (Wildman–Crippen MR) is 119 cm³/mol. The van der Waals surface area contributed by atoms with E-state index < -0.39 is 11.2 Å². The van der Waals surface area contributed by atoms with E-state index in [1.54, 1.807) is 6.92 Å². The van der Waals surface area contributed by atoms with Crippen molar-refractivity contribution in [3.05, 3.63) is 70.5 Å². The lowest BCUT2D eigenvalue weighted by Gasteiger charge is -2.13. The van der Waals surface area contributed by atoms with Crippen LogP contribution in [0.4, 0.5) is 0 Å². The van der Waals surface area contributed by atoms with Gasteiger partial charge in [0.15, 0.2) is 5.16 Å². The van der Waals surface area contributed by atoms with Crippen LogP contribution >= 0.6 is 23.4 Å². The van der Waals surface area contributed by atoms with Crippen molar-refractivity contribution in [3.8, 4) is 5.75 Å². The van der Waals surface area contributed by atoms with Crippen molar-refractivity contribution in [2.24, 2.45) is 0 Å². The number of nitrogens with zero attached hydrogens (tertiary/aromatic N) is 3. The first kappa shape index (κ1) is 22.2. The van der Waals surface area contributed by atoms with Crippen LogP contribution < -0.4 is 4.74 Å². The number of ether oxygens (including phenoxy) is 1. The molecule has 30 heavy (non-hydrogen) atoms. The van der Waals surface area contributed by atoms with Crippen molar-refractivity contribution in [1.82, 2.24) is 14.8 Å². The average molecular weight is 446 g/mol. The number of halogens is 1. The van der Waals surface area contributed by atoms with Crippen molar-refractivity contribution in [3.63, 3.8) is 0 Å². The summed E-state index contributed by atoms with van der Waals surface area (Å²) in [7, 11) is 0. The van der Waals surface area contributed by atoms with Crippen LogP contribution in [0.15, 0.2) is 53.7 Å². The molecular weight excluding hydrogens is 422 g/mol. The largest absolute Gasteiger partial charge is 0.489 e. The van der Waals surface area contributed by atoms with Crippen LogP contribution in [0, 0.1) is 0 Å². The first-order valence-corrected chi connectivity index (χ1v) is 10.9. The molecule has 3 rings (SSSR count). The molecule has 158 valence electrons. The van der Waals surface area contributed by atoms with Gasteiger partial charge in [-0.3, -0.25) is 4.79 Å². The first-order chi connectivity index (χ1) is 14.3. The predicted octanol–water partition coefficient (Wildman–Crippen LogP) is 4.92. The van der Waals surface area contributed by atoms with Crippen LogP contribution in [0.1, 0.15) is 37.7 Å². The van der Waals surface area contributed by atoms with Crippen LogP contribution in [0.3, 0.4) is 0 Å². The molecule has 1 N–H and O–H groups in total. The lowest BCUT2D eigenvalue weighted by Crippen LogP contribution is -2.14. The van der Waals surface area contributed by atoms with Gasteiger partial charge >= 0.3 is 5.97 Å². The van der Waals surface area contributed by atoms with E-state index in [0.717, 1.165) is 17.0 Å². The van der Waals surface area contributed by atoms with Gasteiger partial charge in [-0.05, 0) is 44.0 Å². The van der Waals surface area contributed by atoms with E-state index in [9.17, 15) is 9.90 Å². The summed E-state index contributed by atoms with van der Waals surface area (Å²) in [5, 5.41) is 18.4. The van der Waals surface area contributed by atoms with Crippen LogP contribution in [0.25, 0.3) is 0 Å². The van der Waals surface area contributed by atoms with Gasteiger partial charge in [0.1, 0.15) is 16.8 Å². The number of hydrogen-bond donors (Lipinski definition) is 1. The molecule has 0 aliphatic rings. The van der Waals surface area contributed by atoms with Gasteiger partial charge in [0, 0.05) is 6.42 Å². The van der Waals surface area contributed by atoms with Gasteiger partial charge < -0.3 is 14.4 Å². The number of carboxylic acids is 1. The molecule has 0 bridgehead atoms. The van der Waals surface area contributed by atoms with Gasteiger partial charge in [0.2, 0.25) is 0 Å². The third kappa shape index (κ3) is 5.77. The molecule has 0 saturated carbocycles. The number of carbonyl (C=O) groups is 1. The van der Waals surface area contributed by atoms with E-state index in [-0.39, 0.29) is 6.10 Å². The van der Waals surface area contributed by atoms with Crippen LogP contribution in [-0.2, 0) is 17.8 Å². The molecule has 6 nitrogen and oxygen atoms in total. The zero-order valence-corrected chi connectivity index (χ0v) is 18.7.